The van der Waals surface area contributed by atoms with Crippen LogP contribution in [0.3, 0.4) is 0 Å². The highest BCUT2D eigenvalue weighted by Crippen LogP contribution is 2.40. The lowest BCUT2D eigenvalue weighted by Gasteiger charge is -2.28. The minimum absolute atomic E-state index is 0.0659. The van der Waals surface area contributed by atoms with Gasteiger partial charge in [0.2, 0.25) is 0 Å². The van der Waals surface area contributed by atoms with E-state index in [9.17, 15) is 5.11 Å². The molecule has 0 atom stereocenters. The summed E-state index contributed by atoms with van der Waals surface area (Å²) in [6.45, 7) is 19.4. The van der Waals surface area contributed by atoms with Crippen molar-refractivity contribution in [1.29, 1.82) is 0 Å². The molecule has 0 radical (unpaired) electrons. The van der Waals surface area contributed by atoms with Crippen molar-refractivity contribution in [2.75, 3.05) is 32.8 Å². The number of hydrogen-bond donors (Lipinski definition) is 2. The van der Waals surface area contributed by atoms with Crippen molar-refractivity contribution in [3.63, 3.8) is 0 Å². The second-order valence-corrected chi connectivity index (χ2v) is 13.3. The highest BCUT2D eigenvalue weighted by Gasteiger charge is 2.26. The molecule has 4 nitrogen and oxygen atoms in total. The Kier molecular flexibility index (Phi) is 11.5. The standard InChI is InChI=1S/C34H54N2O2/c1-33(2,3)30-24-27(25-31(32(30)37)34(4,5)6)15-9-7-10-18-35-19-14-22-38-29-17-13-16-28(23-29)26-36-20-11-8-12-21-36/h13,16-17,23-25,35,37H,7-12,14-15,18-22,26H2,1-6H3. The molecule has 38 heavy (non-hydrogen) atoms. The van der Waals surface area contributed by atoms with Crippen molar-refractivity contribution in [2.45, 2.75) is 110 Å². The molecule has 1 aliphatic heterocycles. The van der Waals surface area contributed by atoms with Crippen LogP contribution in [0, 0.1) is 0 Å². The minimum Gasteiger partial charge on any atom is -0.507 e. The number of piperidine rings is 1. The van der Waals surface area contributed by atoms with E-state index in [1.807, 2.05) is 0 Å². The van der Waals surface area contributed by atoms with Crippen LogP contribution in [0.15, 0.2) is 36.4 Å². The quantitative estimate of drug-likeness (QED) is 0.264. The lowest BCUT2D eigenvalue weighted by molar-refractivity contribution is 0.220. The Labute approximate surface area is 233 Å². The molecule has 0 bridgehead atoms. The van der Waals surface area contributed by atoms with Crippen LogP contribution in [-0.4, -0.2) is 42.8 Å². The zero-order chi connectivity index (χ0) is 27.6. The first-order chi connectivity index (χ1) is 18.0. The smallest absolute Gasteiger partial charge is 0.123 e. The summed E-state index contributed by atoms with van der Waals surface area (Å²) in [7, 11) is 0. The van der Waals surface area contributed by atoms with Crippen molar-refractivity contribution in [1.82, 2.24) is 10.2 Å². The Morgan fingerprint density at radius 2 is 1.45 bits per heavy atom. The summed E-state index contributed by atoms with van der Waals surface area (Å²) >= 11 is 0. The molecule has 2 aromatic carbocycles. The molecule has 0 spiro atoms. The summed E-state index contributed by atoms with van der Waals surface area (Å²) in [6, 6.07) is 13.1. The number of nitrogens with zero attached hydrogens (tertiary/aromatic N) is 1. The number of benzene rings is 2. The molecule has 0 amide bonds. The van der Waals surface area contributed by atoms with Gasteiger partial charge in [-0.15, -0.1) is 0 Å². The molecule has 212 valence electrons. The van der Waals surface area contributed by atoms with Crippen molar-refractivity contribution in [3.05, 3.63) is 58.7 Å². The van der Waals surface area contributed by atoms with E-state index in [1.165, 1.54) is 62.7 Å². The van der Waals surface area contributed by atoms with E-state index in [1.54, 1.807) is 0 Å². The second-order valence-electron chi connectivity index (χ2n) is 13.3. The van der Waals surface area contributed by atoms with Crippen LogP contribution in [0.5, 0.6) is 11.5 Å². The van der Waals surface area contributed by atoms with Crippen LogP contribution in [0.2, 0.25) is 0 Å². The average molecular weight is 523 g/mol. The highest BCUT2D eigenvalue weighted by molar-refractivity contribution is 5.49. The first-order valence-corrected chi connectivity index (χ1v) is 15.1. The van der Waals surface area contributed by atoms with Gasteiger partial charge in [-0.3, -0.25) is 4.90 Å². The van der Waals surface area contributed by atoms with Crippen molar-refractivity contribution in [2.24, 2.45) is 0 Å². The topological polar surface area (TPSA) is 44.7 Å². The number of unbranched alkanes of at least 4 members (excludes halogenated alkanes) is 2. The maximum Gasteiger partial charge on any atom is 0.123 e. The Morgan fingerprint density at radius 1 is 0.789 bits per heavy atom. The summed E-state index contributed by atoms with van der Waals surface area (Å²) in [4.78, 5) is 2.56. The molecule has 4 heteroatoms. The third kappa shape index (κ3) is 9.93. The van der Waals surface area contributed by atoms with Gasteiger partial charge in [-0.05, 0) is 110 Å². The number of hydrogen-bond acceptors (Lipinski definition) is 4. The minimum atomic E-state index is -0.0659. The van der Waals surface area contributed by atoms with Gasteiger partial charge in [0.15, 0.2) is 0 Å². The van der Waals surface area contributed by atoms with Gasteiger partial charge in [-0.1, -0.05) is 78.6 Å². The van der Waals surface area contributed by atoms with E-state index in [4.69, 9.17) is 4.74 Å². The number of rotatable bonds is 13. The molecule has 0 aliphatic carbocycles. The van der Waals surface area contributed by atoms with Crippen molar-refractivity contribution in [3.8, 4) is 11.5 Å². The molecule has 2 aromatic rings. The molecule has 3 rings (SSSR count). The van der Waals surface area contributed by atoms with E-state index in [2.05, 4.69) is 88.2 Å². The van der Waals surface area contributed by atoms with Crippen LogP contribution >= 0.6 is 0 Å². The normalized spacial score (nSPS) is 15.1. The van der Waals surface area contributed by atoms with Crippen molar-refractivity contribution >= 4 is 0 Å². The first-order valence-electron chi connectivity index (χ1n) is 15.1. The Hall–Kier alpha value is -2.04. The summed E-state index contributed by atoms with van der Waals surface area (Å²) in [5.74, 6) is 1.48. The second kappa shape index (κ2) is 14.4. The summed E-state index contributed by atoms with van der Waals surface area (Å²) in [6.07, 6.45) is 9.71. The van der Waals surface area contributed by atoms with Crippen LogP contribution in [0.4, 0.5) is 0 Å². The molecule has 1 fully saturated rings. The Balaban J connectivity index is 1.30. The fourth-order valence-corrected chi connectivity index (χ4v) is 5.36. The molecule has 1 aliphatic rings. The number of phenolic OH excluding ortho intramolecular Hbond substituents is 1. The largest absolute Gasteiger partial charge is 0.507 e. The first kappa shape index (κ1) is 30.5. The summed E-state index contributed by atoms with van der Waals surface area (Å²) in [5.41, 5.74) is 4.71. The van der Waals surface area contributed by atoms with Gasteiger partial charge in [0, 0.05) is 6.54 Å². The fraction of sp³-hybridized carbons (Fsp3) is 0.647. The SMILES string of the molecule is CC(C)(C)c1cc(CCCCCNCCCOc2cccc(CN3CCCCC3)c2)cc(C(C)(C)C)c1O. The predicted octanol–water partition coefficient (Wildman–Crippen LogP) is 7.74. The van der Waals surface area contributed by atoms with Gasteiger partial charge < -0.3 is 15.2 Å². The maximum atomic E-state index is 10.9. The van der Waals surface area contributed by atoms with Crippen LogP contribution < -0.4 is 10.1 Å². The Morgan fingerprint density at radius 3 is 2.11 bits per heavy atom. The molecule has 2 N–H and O–H groups in total. The van der Waals surface area contributed by atoms with E-state index in [0.29, 0.717) is 5.75 Å². The maximum absolute atomic E-state index is 10.9. The van der Waals surface area contributed by atoms with E-state index in [0.717, 1.165) is 56.0 Å². The molecular formula is C34H54N2O2. The lowest BCUT2D eigenvalue weighted by Crippen LogP contribution is -2.29. The van der Waals surface area contributed by atoms with Gasteiger partial charge in [-0.2, -0.15) is 0 Å². The van der Waals surface area contributed by atoms with E-state index < -0.39 is 0 Å². The number of likely N-dealkylation sites (tertiary alicyclic amines) is 1. The number of aromatic hydroxyl groups is 1. The fourth-order valence-electron chi connectivity index (χ4n) is 5.36. The molecule has 0 saturated carbocycles. The summed E-state index contributed by atoms with van der Waals surface area (Å²) < 4.78 is 6.03. The monoisotopic (exact) mass is 522 g/mol. The predicted molar refractivity (Wildman–Crippen MR) is 162 cm³/mol. The Bertz CT molecular complexity index is 946. The molecule has 0 unspecified atom stereocenters. The zero-order valence-corrected chi connectivity index (χ0v) is 25.2. The average Bonchev–Trinajstić information content (AvgIpc) is 2.85. The molecule has 1 heterocycles. The van der Waals surface area contributed by atoms with Crippen molar-refractivity contribution < 1.29 is 9.84 Å². The summed E-state index contributed by atoms with van der Waals surface area (Å²) in [5, 5.41) is 14.5. The third-order valence-electron chi connectivity index (χ3n) is 7.62. The van der Waals surface area contributed by atoms with Gasteiger partial charge in [0.25, 0.3) is 0 Å². The van der Waals surface area contributed by atoms with Gasteiger partial charge in [0.05, 0.1) is 6.61 Å². The van der Waals surface area contributed by atoms with Crippen LogP contribution in [0.25, 0.3) is 0 Å². The highest BCUT2D eigenvalue weighted by atomic mass is 16.5. The molecular weight excluding hydrogens is 468 g/mol. The number of aryl methyl sites for hydroxylation is 1. The van der Waals surface area contributed by atoms with E-state index in [-0.39, 0.29) is 10.8 Å². The number of nitrogens with one attached hydrogen (secondary N) is 1. The number of phenols is 1. The third-order valence-corrected chi connectivity index (χ3v) is 7.62. The van der Waals surface area contributed by atoms with Gasteiger partial charge >= 0.3 is 0 Å². The molecule has 1 saturated heterocycles. The number of ether oxygens (including phenoxy) is 1. The van der Waals surface area contributed by atoms with Gasteiger partial charge in [-0.25, -0.2) is 0 Å². The zero-order valence-electron chi connectivity index (χ0n) is 25.2. The lowest BCUT2D eigenvalue weighted by atomic mass is 9.78. The van der Waals surface area contributed by atoms with Gasteiger partial charge in [0.1, 0.15) is 11.5 Å². The van der Waals surface area contributed by atoms with Crippen LogP contribution in [0.1, 0.15) is 109 Å². The molecule has 0 aromatic heterocycles. The van der Waals surface area contributed by atoms with E-state index >= 15 is 0 Å². The van der Waals surface area contributed by atoms with Crippen LogP contribution in [-0.2, 0) is 23.8 Å².